The number of nitrogens with one attached hydrogen (secondary N) is 2. The molecule has 0 fully saturated rings. The van der Waals surface area contributed by atoms with Crippen LogP contribution in [0, 0.1) is 0 Å². The van der Waals surface area contributed by atoms with Crippen molar-refractivity contribution in [3.63, 3.8) is 0 Å². The summed E-state index contributed by atoms with van der Waals surface area (Å²) in [5.74, 6) is -0.405. The van der Waals surface area contributed by atoms with Gasteiger partial charge >= 0.3 is 6.03 Å². The summed E-state index contributed by atoms with van der Waals surface area (Å²) in [6.45, 7) is 6.43. The van der Waals surface area contributed by atoms with Gasteiger partial charge in [0.05, 0.1) is 22.3 Å². The molecule has 1 aromatic heterocycles. The molecule has 1 heterocycles. The molecule has 3 amide bonds. The predicted octanol–water partition coefficient (Wildman–Crippen LogP) is 4.01. The molecule has 28 heavy (non-hydrogen) atoms. The van der Waals surface area contributed by atoms with Crippen molar-refractivity contribution in [3.8, 4) is 0 Å². The SMILES string of the molecule is CC(C)(C)NC(=O)NC(=O)CN(Cc1ccc(Cl)c(Cl)c1)Cc1ccccn1. The lowest BCUT2D eigenvalue weighted by Gasteiger charge is -2.23. The molecule has 1 aromatic carbocycles. The Balaban J connectivity index is 2.08. The molecule has 0 saturated carbocycles. The summed E-state index contributed by atoms with van der Waals surface area (Å²) in [4.78, 5) is 30.5. The van der Waals surface area contributed by atoms with E-state index < -0.39 is 17.5 Å². The average Bonchev–Trinajstić information content (AvgIpc) is 2.57. The Hall–Kier alpha value is -2.15. The lowest BCUT2D eigenvalue weighted by molar-refractivity contribution is -0.121. The first-order valence-corrected chi connectivity index (χ1v) is 9.56. The van der Waals surface area contributed by atoms with E-state index in [0.717, 1.165) is 11.3 Å². The Morgan fingerprint density at radius 1 is 1.07 bits per heavy atom. The lowest BCUT2D eigenvalue weighted by atomic mass is 10.1. The number of urea groups is 1. The van der Waals surface area contributed by atoms with Crippen LogP contribution in [-0.2, 0) is 17.9 Å². The first-order chi connectivity index (χ1) is 13.1. The van der Waals surface area contributed by atoms with Crippen LogP contribution in [0.3, 0.4) is 0 Å². The maximum Gasteiger partial charge on any atom is 0.321 e. The molecule has 2 rings (SSSR count). The highest BCUT2D eigenvalue weighted by Gasteiger charge is 2.18. The average molecular weight is 423 g/mol. The zero-order chi connectivity index (χ0) is 20.7. The van der Waals surface area contributed by atoms with Crippen LogP contribution < -0.4 is 10.6 Å². The molecular formula is C20H24Cl2N4O2. The van der Waals surface area contributed by atoms with Gasteiger partial charge in [0.15, 0.2) is 0 Å². The van der Waals surface area contributed by atoms with E-state index in [1.54, 1.807) is 18.3 Å². The summed E-state index contributed by atoms with van der Waals surface area (Å²) >= 11 is 12.1. The standard InChI is InChI=1S/C20H24Cl2N4O2/c1-20(2,3)25-19(28)24-18(27)13-26(12-15-6-4-5-9-23-15)11-14-7-8-16(21)17(22)10-14/h4-10H,11-13H2,1-3H3,(H2,24,25,27,28). The van der Waals surface area contributed by atoms with E-state index in [9.17, 15) is 9.59 Å². The molecule has 6 nitrogen and oxygen atoms in total. The second kappa shape index (κ2) is 9.87. The predicted molar refractivity (Wildman–Crippen MR) is 111 cm³/mol. The normalized spacial score (nSPS) is 11.4. The molecule has 0 bridgehead atoms. The van der Waals surface area contributed by atoms with Gasteiger partial charge in [0.2, 0.25) is 5.91 Å². The van der Waals surface area contributed by atoms with Crippen molar-refractivity contribution < 1.29 is 9.59 Å². The topological polar surface area (TPSA) is 74.3 Å². The van der Waals surface area contributed by atoms with E-state index in [4.69, 9.17) is 23.2 Å². The summed E-state index contributed by atoms with van der Waals surface area (Å²) in [7, 11) is 0. The molecule has 0 radical (unpaired) electrons. The minimum atomic E-state index is -0.523. The van der Waals surface area contributed by atoms with Crippen LogP contribution in [0.25, 0.3) is 0 Å². The number of carbonyl (C=O) groups is 2. The number of amides is 3. The Morgan fingerprint density at radius 3 is 2.43 bits per heavy atom. The third-order valence-corrected chi connectivity index (χ3v) is 4.35. The Labute approximate surface area is 175 Å². The minimum Gasteiger partial charge on any atom is -0.333 e. The lowest BCUT2D eigenvalue weighted by Crippen LogP contribution is -2.50. The van der Waals surface area contributed by atoms with Crippen LogP contribution in [0.15, 0.2) is 42.6 Å². The van der Waals surface area contributed by atoms with E-state index >= 15 is 0 Å². The second-order valence-corrected chi connectivity index (χ2v) is 8.28. The fourth-order valence-corrected chi connectivity index (χ4v) is 2.85. The first kappa shape index (κ1) is 22.1. The molecule has 0 aliphatic heterocycles. The van der Waals surface area contributed by atoms with Gasteiger partial charge in [-0.2, -0.15) is 0 Å². The molecule has 0 atom stereocenters. The van der Waals surface area contributed by atoms with Crippen LogP contribution in [-0.4, -0.2) is 33.9 Å². The van der Waals surface area contributed by atoms with E-state index in [2.05, 4.69) is 15.6 Å². The fourth-order valence-electron chi connectivity index (χ4n) is 2.53. The third-order valence-electron chi connectivity index (χ3n) is 3.61. The maximum absolute atomic E-state index is 12.4. The summed E-state index contributed by atoms with van der Waals surface area (Å²) < 4.78 is 0. The molecule has 2 N–H and O–H groups in total. The smallest absolute Gasteiger partial charge is 0.321 e. The van der Waals surface area contributed by atoms with Crippen molar-refractivity contribution in [1.82, 2.24) is 20.5 Å². The molecule has 0 aliphatic carbocycles. The molecular weight excluding hydrogens is 399 g/mol. The number of rotatable bonds is 6. The molecule has 2 aromatic rings. The van der Waals surface area contributed by atoms with E-state index in [0.29, 0.717) is 23.1 Å². The second-order valence-electron chi connectivity index (χ2n) is 7.47. The fraction of sp³-hybridized carbons (Fsp3) is 0.350. The number of pyridine rings is 1. The summed E-state index contributed by atoms with van der Waals surface area (Å²) in [5.41, 5.74) is 1.28. The molecule has 0 unspecified atom stereocenters. The summed E-state index contributed by atoms with van der Waals surface area (Å²) in [6.07, 6.45) is 1.70. The van der Waals surface area contributed by atoms with Gasteiger partial charge in [0.1, 0.15) is 0 Å². The van der Waals surface area contributed by atoms with Crippen LogP contribution in [0.4, 0.5) is 4.79 Å². The van der Waals surface area contributed by atoms with Gasteiger partial charge in [-0.25, -0.2) is 4.79 Å². The zero-order valence-corrected chi connectivity index (χ0v) is 17.6. The minimum absolute atomic E-state index is 0.0222. The van der Waals surface area contributed by atoms with Gasteiger partial charge in [0.25, 0.3) is 0 Å². The van der Waals surface area contributed by atoms with Crippen molar-refractivity contribution in [2.75, 3.05) is 6.54 Å². The number of benzene rings is 1. The van der Waals surface area contributed by atoms with Crippen molar-refractivity contribution in [2.24, 2.45) is 0 Å². The highest BCUT2D eigenvalue weighted by molar-refractivity contribution is 6.42. The third kappa shape index (κ3) is 7.84. The Bertz CT molecular complexity index is 823. The molecule has 0 spiro atoms. The van der Waals surface area contributed by atoms with E-state index in [-0.39, 0.29) is 6.54 Å². The number of carbonyl (C=O) groups excluding carboxylic acids is 2. The quantitative estimate of drug-likeness (QED) is 0.736. The largest absolute Gasteiger partial charge is 0.333 e. The van der Waals surface area contributed by atoms with Crippen LogP contribution in [0.1, 0.15) is 32.0 Å². The number of nitrogens with zero attached hydrogens (tertiary/aromatic N) is 2. The van der Waals surface area contributed by atoms with Gasteiger partial charge < -0.3 is 5.32 Å². The molecule has 8 heteroatoms. The Morgan fingerprint density at radius 2 is 1.82 bits per heavy atom. The van der Waals surface area contributed by atoms with Crippen LogP contribution in [0.5, 0.6) is 0 Å². The molecule has 0 saturated heterocycles. The number of imide groups is 1. The monoisotopic (exact) mass is 422 g/mol. The number of aromatic nitrogens is 1. The van der Waals surface area contributed by atoms with E-state index in [1.165, 1.54) is 0 Å². The van der Waals surface area contributed by atoms with Gasteiger partial charge in [-0.3, -0.25) is 20.0 Å². The first-order valence-electron chi connectivity index (χ1n) is 8.80. The summed E-state index contributed by atoms with van der Waals surface area (Å²) in [6, 6.07) is 10.4. The van der Waals surface area contributed by atoms with Crippen LogP contribution in [0.2, 0.25) is 10.0 Å². The van der Waals surface area contributed by atoms with Crippen molar-refractivity contribution in [1.29, 1.82) is 0 Å². The van der Waals surface area contributed by atoms with Gasteiger partial charge in [0, 0.05) is 24.8 Å². The van der Waals surface area contributed by atoms with Crippen molar-refractivity contribution in [2.45, 2.75) is 39.4 Å². The van der Waals surface area contributed by atoms with Gasteiger partial charge in [-0.1, -0.05) is 35.3 Å². The number of hydrogen-bond acceptors (Lipinski definition) is 4. The van der Waals surface area contributed by atoms with Crippen LogP contribution >= 0.6 is 23.2 Å². The molecule has 150 valence electrons. The van der Waals surface area contributed by atoms with Gasteiger partial charge in [-0.15, -0.1) is 0 Å². The molecule has 0 aliphatic rings. The highest BCUT2D eigenvalue weighted by atomic mass is 35.5. The Kier molecular flexibility index (Phi) is 7.80. The zero-order valence-electron chi connectivity index (χ0n) is 16.1. The van der Waals surface area contributed by atoms with E-state index in [1.807, 2.05) is 49.9 Å². The van der Waals surface area contributed by atoms with Gasteiger partial charge in [-0.05, 0) is 50.6 Å². The van der Waals surface area contributed by atoms with Crippen molar-refractivity contribution >= 4 is 35.1 Å². The highest BCUT2D eigenvalue weighted by Crippen LogP contribution is 2.23. The van der Waals surface area contributed by atoms with Crippen molar-refractivity contribution in [3.05, 3.63) is 63.9 Å². The number of hydrogen-bond donors (Lipinski definition) is 2. The number of halogens is 2. The summed E-state index contributed by atoms with van der Waals surface area (Å²) in [5, 5.41) is 5.98. The maximum atomic E-state index is 12.4.